The Balaban J connectivity index is 0.000000713. The summed E-state index contributed by atoms with van der Waals surface area (Å²) in [6.07, 6.45) is 22.1. The second kappa shape index (κ2) is 13.8. The SMILES string of the molecule is C=Cn1cc[n+](CCCCCCCCCCCC)c1.O=S(=O)([O-])C(F)(F)F. The monoisotopic (exact) mass is 412 g/mol. The van der Waals surface area contributed by atoms with Crippen molar-refractivity contribution in [3.05, 3.63) is 25.3 Å². The minimum absolute atomic E-state index is 1.14. The molecule has 0 atom stereocenters. The molecule has 1 rings (SSSR count). The van der Waals surface area contributed by atoms with Gasteiger partial charge in [-0.3, -0.25) is 0 Å². The summed E-state index contributed by atoms with van der Waals surface area (Å²) in [6, 6.07) is 0. The minimum atomic E-state index is -6.09. The van der Waals surface area contributed by atoms with Gasteiger partial charge >= 0.3 is 5.51 Å². The number of hydrogen-bond acceptors (Lipinski definition) is 3. The van der Waals surface area contributed by atoms with Crippen molar-refractivity contribution in [3.63, 3.8) is 0 Å². The van der Waals surface area contributed by atoms with Crippen LogP contribution in [0.3, 0.4) is 0 Å². The first-order valence-electron chi connectivity index (χ1n) is 9.33. The molecule has 1 heterocycles. The molecule has 5 nitrogen and oxygen atoms in total. The van der Waals surface area contributed by atoms with E-state index in [0.29, 0.717) is 0 Å². The van der Waals surface area contributed by atoms with E-state index in [0.717, 1.165) is 6.54 Å². The Morgan fingerprint density at radius 3 is 1.85 bits per heavy atom. The third-order valence-corrected chi connectivity index (χ3v) is 4.54. The average Bonchev–Trinajstić information content (AvgIpc) is 3.03. The van der Waals surface area contributed by atoms with Crippen LogP contribution in [0.4, 0.5) is 13.2 Å². The van der Waals surface area contributed by atoms with Crippen LogP contribution in [0.2, 0.25) is 0 Å². The lowest BCUT2D eigenvalue weighted by molar-refractivity contribution is -0.696. The van der Waals surface area contributed by atoms with E-state index in [2.05, 4.69) is 30.6 Å². The molecule has 0 aromatic carbocycles. The molecule has 0 aliphatic heterocycles. The molecule has 0 radical (unpaired) electrons. The molecule has 9 heteroatoms. The van der Waals surface area contributed by atoms with Gasteiger partial charge in [0, 0.05) is 0 Å². The fourth-order valence-corrected chi connectivity index (χ4v) is 2.43. The van der Waals surface area contributed by atoms with E-state index in [4.69, 9.17) is 13.0 Å². The molecular formula is C18H31F3N2O3S. The lowest BCUT2D eigenvalue weighted by Crippen LogP contribution is -2.30. The number of hydrogen-bond donors (Lipinski definition) is 0. The summed E-state index contributed by atoms with van der Waals surface area (Å²) in [4.78, 5) is 0. The molecule has 0 fully saturated rings. The highest BCUT2D eigenvalue weighted by Gasteiger charge is 2.36. The van der Waals surface area contributed by atoms with Gasteiger partial charge in [0.1, 0.15) is 12.4 Å². The van der Waals surface area contributed by atoms with Gasteiger partial charge in [-0.15, -0.1) is 0 Å². The number of unbranched alkanes of at least 4 members (excludes halogenated alkanes) is 9. The molecule has 0 spiro atoms. The summed E-state index contributed by atoms with van der Waals surface area (Å²) in [5, 5.41) is 0. The van der Waals surface area contributed by atoms with Crippen molar-refractivity contribution in [2.75, 3.05) is 0 Å². The first kappa shape index (κ1) is 25.6. The van der Waals surface area contributed by atoms with Crippen molar-refractivity contribution in [1.82, 2.24) is 4.57 Å². The summed E-state index contributed by atoms with van der Waals surface area (Å²) in [5.74, 6) is 0. The van der Waals surface area contributed by atoms with Gasteiger partial charge in [-0.25, -0.2) is 17.6 Å². The molecule has 1 aromatic rings. The van der Waals surface area contributed by atoms with E-state index < -0.39 is 15.6 Å². The molecule has 0 aliphatic carbocycles. The zero-order valence-corrected chi connectivity index (χ0v) is 16.8. The van der Waals surface area contributed by atoms with Crippen LogP contribution in [0.15, 0.2) is 25.3 Å². The van der Waals surface area contributed by atoms with E-state index in [1.54, 1.807) is 0 Å². The van der Waals surface area contributed by atoms with Crippen LogP contribution in [0.5, 0.6) is 0 Å². The summed E-state index contributed by atoms with van der Waals surface area (Å²) in [7, 11) is -6.09. The summed E-state index contributed by atoms with van der Waals surface area (Å²) >= 11 is 0. The van der Waals surface area contributed by atoms with Crippen LogP contribution < -0.4 is 4.57 Å². The summed E-state index contributed by atoms with van der Waals surface area (Å²) < 4.78 is 63.1. The van der Waals surface area contributed by atoms with Crippen LogP contribution in [0.1, 0.15) is 71.1 Å². The van der Waals surface area contributed by atoms with E-state index in [-0.39, 0.29) is 0 Å². The van der Waals surface area contributed by atoms with Gasteiger partial charge in [-0.1, -0.05) is 64.9 Å². The Hall–Kier alpha value is -1.35. The van der Waals surface area contributed by atoms with Crippen molar-refractivity contribution < 1.29 is 30.7 Å². The molecule has 0 saturated carbocycles. The first-order valence-corrected chi connectivity index (χ1v) is 10.7. The Morgan fingerprint density at radius 1 is 1.04 bits per heavy atom. The number of rotatable bonds is 12. The average molecular weight is 413 g/mol. The number of aromatic nitrogens is 2. The van der Waals surface area contributed by atoms with E-state index in [9.17, 15) is 13.2 Å². The largest absolute Gasteiger partial charge is 0.741 e. The second-order valence-corrected chi connectivity index (χ2v) is 7.73. The van der Waals surface area contributed by atoms with Gasteiger partial charge in [0.05, 0.1) is 12.7 Å². The lowest BCUT2D eigenvalue weighted by Gasteiger charge is -2.08. The maximum Gasteiger partial charge on any atom is 0.485 e. The molecule has 0 saturated heterocycles. The van der Waals surface area contributed by atoms with E-state index in [1.807, 2.05) is 17.0 Å². The van der Waals surface area contributed by atoms with Gasteiger partial charge in [-0.05, 0) is 12.8 Å². The molecule has 1 aromatic heterocycles. The van der Waals surface area contributed by atoms with Crippen molar-refractivity contribution in [2.24, 2.45) is 0 Å². The summed E-state index contributed by atoms with van der Waals surface area (Å²) in [6.45, 7) is 7.17. The standard InChI is InChI=1S/C17H31N2.CHF3O3S/c1-3-5-6-7-8-9-10-11-12-13-14-19-16-15-18(4-2)17-19;2-1(3,4)8(5,6)7/h4,15-17H,2-3,5-14H2,1H3;(H,5,6,7)/q+1;/p-1. The smallest absolute Gasteiger partial charge is 0.485 e. The predicted molar refractivity (Wildman–Crippen MR) is 98.6 cm³/mol. The predicted octanol–water partition coefficient (Wildman–Crippen LogP) is 4.85. The Labute approximate surface area is 160 Å². The third-order valence-electron chi connectivity index (χ3n) is 3.98. The van der Waals surface area contributed by atoms with Crippen molar-refractivity contribution >= 4 is 16.3 Å². The van der Waals surface area contributed by atoms with Crippen LogP contribution in [0.25, 0.3) is 6.20 Å². The van der Waals surface area contributed by atoms with Crippen LogP contribution in [-0.4, -0.2) is 23.0 Å². The zero-order chi connectivity index (χ0) is 20.8. The van der Waals surface area contributed by atoms with E-state index in [1.165, 1.54) is 64.2 Å². The Morgan fingerprint density at radius 2 is 1.48 bits per heavy atom. The quantitative estimate of drug-likeness (QED) is 0.213. The number of nitrogens with zero attached hydrogens (tertiary/aromatic N) is 2. The zero-order valence-electron chi connectivity index (χ0n) is 16.0. The number of alkyl halides is 3. The van der Waals surface area contributed by atoms with Crippen molar-refractivity contribution in [2.45, 2.75) is 83.2 Å². The maximum absolute atomic E-state index is 10.7. The van der Waals surface area contributed by atoms with Crippen LogP contribution >= 0.6 is 0 Å². The molecular weight excluding hydrogens is 381 g/mol. The first-order chi connectivity index (χ1) is 12.6. The van der Waals surface area contributed by atoms with Crippen molar-refractivity contribution in [1.29, 1.82) is 0 Å². The molecule has 0 aliphatic rings. The highest BCUT2D eigenvalue weighted by atomic mass is 32.2. The van der Waals surface area contributed by atoms with Crippen LogP contribution in [-0.2, 0) is 16.7 Å². The number of halogens is 3. The highest BCUT2D eigenvalue weighted by molar-refractivity contribution is 7.86. The summed E-state index contributed by atoms with van der Waals surface area (Å²) in [5.41, 5.74) is -5.65. The van der Waals surface area contributed by atoms with E-state index >= 15 is 0 Å². The molecule has 158 valence electrons. The Bertz CT molecular complexity index is 614. The van der Waals surface area contributed by atoms with Gasteiger partial charge in [0.25, 0.3) is 0 Å². The lowest BCUT2D eigenvalue weighted by atomic mass is 10.1. The third kappa shape index (κ3) is 13.5. The number of aryl methyl sites for hydroxylation is 1. The Kier molecular flexibility index (Phi) is 13.1. The molecule has 27 heavy (non-hydrogen) atoms. The minimum Gasteiger partial charge on any atom is -0.741 e. The molecule has 0 amide bonds. The molecule has 0 N–H and O–H groups in total. The highest BCUT2D eigenvalue weighted by Crippen LogP contribution is 2.20. The van der Waals surface area contributed by atoms with Gasteiger partial charge in [0.15, 0.2) is 10.1 Å². The van der Waals surface area contributed by atoms with Gasteiger partial charge in [-0.2, -0.15) is 13.2 Å². The van der Waals surface area contributed by atoms with Gasteiger partial charge in [0.2, 0.25) is 6.33 Å². The molecule has 0 unspecified atom stereocenters. The normalized spacial score (nSPS) is 11.7. The van der Waals surface area contributed by atoms with Crippen LogP contribution in [0, 0.1) is 0 Å². The number of imidazole rings is 1. The fraction of sp³-hybridized carbons (Fsp3) is 0.722. The second-order valence-electron chi connectivity index (χ2n) is 6.36. The van der Waals surface area contributed by atoms with Crippen molar-refractivity contribution in [3.8, 4) is 0 Å². The topological polar surface area (TPSA) is 66.0 Å². The molecule has 0 bridgehead atoms. The fourth-order valence-electron chi connectivity index (χ4n) is 2.43. The maximum atomic E-state index is 10.7. The van der Waals surface area contributed by atoms with Gasteiger partial charge < -0.3 is 4.55 Å².